The number of ether oxygens (including phenoxy) is 1. The zero-order chi connectivity index (χ0) is 11.5. The van der Waals surface area contributed by atoms with Gasteiger partial charge in [-0.3, -0.25) is 9.89 Å². The second-order valence-corrected chi connectivity index (χ2v) is 3.08. The maximum absolute atomic E-state index is 12.0. The van der Waals surface area contributed by atoms with Gasteiger partial charge in [-0.1, -0.05) is 0 Å². The maximum Gasteiger partial charge on any atom is 0.220 e. The normalized spacial score (nSPS) is 10.1. The van der Waals surface area contributed by atoms with Crippen LogP contribution in [0.15, 0.2) is 24.5 Å². The van der Waals surface area contributed by atoms with Crippen molar-refractivity contribution in [3.8, 4) is 5.75 Å². The first-order valence-corrected chi connectivity index (χ1v) is 4.56. The second-order valence-electron chi connectivity index (χ2n) is 3.08. The number of hydrogen-bond acceptors (Lipinski definition) is 5. The van der Waals surface area contributed by atoms with Crippen molar-refractivity contribution in [2.24, 2.45) is 0 Å². The molecular weight excluding hydrogens is 208 g/mol. The highest BCUT2D eigenvalue weighted by Gasteiger charge is 2.19. The first-order chi connectivity index (χ1) is 7.74. The fourth-order valence-electron chi connectivity index (χ4n) is 1.33. The summed E-state index contributed by atoms with van der Waals surface area (Å²) in [6.45, 7) is 0. The number of nitrogens with one attached hydrogen (secondary N) is 1. The monoisotopic (exact) mass is 218 g/mol. The van der Waals surface area contributed by atoms with Gasteiger partial charge in [-0.2, -0.15) is 5.10 Å². The molecule has 0 aliphatic carbocycles. The van der Waals surface area contributed by atoms with Crippen molar-refractivity contribution in [1.29, 1.82) is 0 Å². The minimum absolute atomic E-state index is 0.220. The maximum atomic E-state index is 12.0. The Morgan fingerprint density at radius 1 is 1.56 bits per heavy atom. The minimum Gasteiger partial charge on any atom is -0.494 e. The standard InChI is InChI=1S/C10H10N4O2/c1-16-7-3-2-4-12-8(7)9(15)6-5-13-14-10(6)11/h2-5H,1H3,(H3,11,13,14). The number of hydrogen-bond donors (Lipinski definition) is 2. The fourth-order valence-corrected chi connectivity index (χ4v) is 1.33. The third-order valence-electron chi connectivity index (χ3n) is 2.12. The SMILES string of the molecule is COc1cccnc1C(=O)c1cn[nH]c1N. The van der Waals surface area contributed by atoms with Crippen LogP contribution in [0.2, 0.25) is 0 Å². The van der Waals surface area contributed by atoms with E-state index in [1.165, 1.54) is 19.5 Å². The Labute approximate surface area is 91.5 Å². The molecule has 6 heteroatoms. The van der Waals surface area contributed by atoms with Crippen LogP contribution in [0.3, 0.4) is 0 Å². The van der Waals surface area contributed by atoms with Gasteiger partial charge in [-0.05, 0) is 12.1 Å². The van der Waals surface area contributed by atoms with E-state index in [9.17, 15) is 4.79 Å². The number of nitrogens with two attached hydrogens (primary N) is 1. The molecular formula is C10H10N4O2. The number of aromatic amines is 1. The summed E-state index contributed by atoms with van der Waals surface area (Å²) in [5, 5.41) is 6.18. The molecule has 0 saturated heterocycles. The molecule has 82 valence electrons. The van der Waals surface area contributed by atoms with Gasteiger partial charge in [0, 0.05) is 6.20 Å². The van der Waals surface area contributed by atoms with Crippen molar-refractivity contribution < 1.29 is 9.53 Å². The van der Waals surface area contributed by atoms with Crippen molar-refractivity contribution in [2.75, 3.05) is 12.8 Å². The molecule has 0 bridgehead atoms. The molecule has 2 rings (SSSR count). The number of rotatable bonds is 3. The predicted octanol–water partition coefficient (Wildman–Crippen LogP) is 0.626. The molecule has 0 atom stereocenters. The summed E-state index contributed by atoms with van der Waals surface area (Å²) in [4.78, 5) is 16.0. The average Bonchev–Trinajstić information content (AvgIpc) is 2.74. The first kappa shape index (κ1) is 10.2. The molecule has 2 heterocycles. The van der Waals surface area contributed by atoms with E-state index in [0.29, 0.717) is 5.75 Å². The molecule has 0 aromatic carbocycles. The van der Waals surface area contributed by atoms with Crippen LogP contribution in [0.25, 0.3) is 0 Å². The van der Waals surface area contributed by atoms with Gasteiger partial charge in [-0.25, -0.2) is 4.98 Å². The molecule has 0 spiro atoms. The number of H-pyrrole nitrogens is 1. The van der Waals surface area contributed by atoms with Gasteiger partial charge in [-0.15, -0.1) is 0 Å². The predicted molar refractivity (Wildman–Crippen MR) is 57.2 cm³/mol. The van der Waals surface area contributed by atoms with Crippen LogP contribution in [-0.4, -0.2) is 28.1 Å². The van der Waals surface area contributed by atoms with Crippen molar-refractivity contribution >= 4 is 11.6 Å². The second kappa shape index (κ2) is 4.01. The third-order valence-corrected chi connectivity index (χ3v) is 2.12. The molecule has 0 amide bonds. The lowest BCUT2D eigenvalue weighted by molar-refractivity contribution is 0.103. The molecule has 2 aromatic heterocycles. The van der Waals surface area contributed by atoms with E-state index in [2.05, 4.69) is 15.2 Å². The molecule has 3 N–H and O–H groups in total. The lowest BCUT2D eigenvalue weighted by Gasteiger charge is -2.04. The van der Waals surface area contributed by atoms with E-state index in [-0.39, 0.29) is 22.9 Å². The summed E-state index contributed by atoms with van der Waals surface area (Å²) in [7, 11) is 1.48. The highest BCUT2D eigenvalue weighted by Crippen LogP contribution is 2.20. The Kier molecular flexibility index (Phi) is 2.55. The zero-order valence-electron chi connectivity index (χ0n) is 8.60. The van der Waals surface area contributed by atoms with Crippen LogP contribution in [0.1, 0.15) is 16.1 Å². The number of nitrogens with zero attached hydrogens (tertiary/aromatic N) is 2. The van der Waals surface area contributed by atoms with Crippen LogP contribution < -0.4 is 10.5 Å². The van der Waals surface area contributed by atoms with Crippen LogP contribution in [0, 0.1) is 0 Å². The fraction of sp³-hybridized carbons (Fsp3) is 0.100. The summed E-state index contributed by atoms with van der Waals surface area (Å²) in [5.74, 6) is 0.314. The summed E-state index contributed by atoms with van der Waals surface area (Å²) < 4.78 is 5.05. The van der Waals surface area contributed by atoms with Gasteiger partial charge in [0.15, 0.2) is 5.69 Å². The van der Waals surface area contributed by atoms with E-state index in [0.717, 1.165) is 0 Å². The molecule has 0 radical (unpaired) electrons. The van der Waals surface area contributed by atoms with Crippen molar-refractivity contribution in [3.63, 3.8) is 0 Å². The smallest absolute Gasteiger partial charge is 0.220 e. The average molecular weight is 218 g/mol. The molecule has 0 unspecified atom stereocenters. The highest BCUT2D eigenvalue weighted by atomic mass is 16.5. The Bertz CT molecular complexity index is 521. The van der Waals surface area contributed by atoms with Crippen LogP contribution >= 0.6 is 0 Å². The third kappa shape index (κ3) is 1.60. The first-order valence-electron chi connectivity index (χ1n) is 4.56. The summed E-state index contributed by atoms with van der Waals surface area (Å²) in [6, 6.07) is 3.35. The van der Waals surface area contributed by atoms with Crippen LogP contribution in [0.4, 0.5) is 5.82 Å². The highest BCUT2D eigenvalue weighted by molar-refractivity contribution is 6.11. The quantitative estimate of drug-likeness (QED) is 0.737. The summed E-state index contributed by atoms with van der Waals surface area (Å²) in [6.07, 6.45) is 2.89. The summed E-state index contributed by atoms with van der Waals surface area (Å²) >= 11 is 0. The van der Waals surface area contributed by atoms with Gasteiger partial charge in [0.1, 0.15) is 11.6 Å². The number of aromatic nitrogens is 3. The number of nitrogen functional groups attached to an aromatic ring is 1. The Morgan fingerprint density at radius 2 is 2.38 bits per heavy atom. The Hall–Kier alpha value is -2.37. The number of carbonyl (C=O) groups is 1. The van der Waals surface area contributed by atoms with Crippen molar-refractivity contribution in [2.45, 2.75) is 0 Å². The molecule has 0 saturated carbocycles. The lowest BCUT2D eigenvalue weighted by Crippen LogP contribution is -2.07. The Balaban J connectivity index is 2.46. The van der Waals surface area contributed by atoms with E-state index in [4.69, 9.17) is 10.5 Å². The molecule has 0 aliphatic heterocycles. The number of carbonyl (C=O) groups excluding carboxylic acids is 1. The minimum atomic E-state index is -0.316. The largest absolute Gasteiger partial charge is 0.494 e. The van der Waals surface area contributed by atoms with Gasteiger partial charge in [0.05, 0.1) is 18.9 Å². The molecule has 0 fully saturated rings. The van der Waals surface area contributed by atoms with Gasteiger partial charge >= 0.3 is 0 Å². The van der Waals surface area contributed by atoms with Crippen molar-refractivity contribution in [1.82, 2.24) is 15.2 Å². The number of anilines is 1. The number of methoxy groups -OCH3 is 1. The topological polar surface area (TPSA) is 93.9 Å². The summed E-state index contributed by atoms with van der Waals surface area (Å²) in [5.41, 5.74) is 6.07. The molecule has 0 aliphatic rings. The molecule has 16 heavy (non-hydrogen) atoms. The molecule has 6 nitrogen and oxygen atoms in total. The van der Waals surface area contributed by atoms with Crippen LogP contribution in [-0.2, 0) is 0 Å². The van der Waals surface area contributed by atoms with Gasteiger partial charge < -0.3 is 10.5 Å². The van der Waals surface area contributed by atoms with Crippen LogP contribution in [0.5, 0.6) is 5.75 Å². The van der Waals surface area contributed by atoms with E-state index in [1.807, 2.05) is 0 Å². The van der Waals surface area contributed by atoms with Gasteiger partial charge in [0.25, 0.3) is 0 Å². The van der Waals surface area contributed by atoms with E-state index < -0.39 is 0 Å². The van der Waals surface area contributed by atoms with E-state index >= 15 is 0 Å². The molecule has 2 aromatic rings. The number of ketones is 1. The van der Waals surface area contributed by atoms with Crippen molar-refractivity contribution in [3.05, 3.63) is 35.8 Å². The zero-order valence-corrected chi connectivity index (χ0v) is 8.60. The number of pyridine rings is 1. The van der Waals surface area contributed by atoms with E-state index in [1.54, 1.807) is 12.1 Å². The lowest BCUT2D eigenvalue weighted by atomic mass is 10.1. The van der Waals surface area contributed by atoms with Gasteiger partial charge in [0.2, 0.25) is 5.78 Å². The Morgan fingerprint density at radius 3 is 3.00 bits per heavy atom.